The Morgan fingerprint density at radius 2 is 1.51 bits per heavy atom. The molecule has 2 atom stereocenters. The molecule has 0 aliphatic heterocycles. The molecule has 0 aliphatic rings. The Balaban J connectivity index is 1.51. The summed E-state index contributed by atoms with van der Waals surface area (Å²) in [6, 6.07) is 41.6. The molecule has 0 amide bonds. The van der Waals surface area contributed by atoms with Crippen molar-refractivity contribution in [3.8, 4) is 17.0 Å². The van der Waals surface area contributed by atoms with E-state index in [1.54, 1.807) is 7.11 Å². The minimum absolute atomic E-state index is 0.487. The average molecular weight is 618 g/mol. The molecular formula is C42H39N3O2. The van der Waals surface area contributed by atoms with E-state index in [2.05, 4.69) is 84.6 Å². The van der Waals surface area contributed by atoms with Crippen molar-refractivity contribution < 1.29 is 9.84 Å². The standard InChI is InChI=1S/C42H39N3O2/c1-28-21-22-34(40-35(28)25-31-16-9-11-20-38(31)44-40)32-26-36(41(47-4)43-27-32)39(30-14-6-5-7-15-30)42(46,23-24-45(2)3)37-19-12-17-29-13-8-10-18-33(29)37/h5-22,25-27,39,46H,23-24H2,1-4H3. The van der Waals surface area contributed by atoms with Crippen molar-refractivity contribution >= 4 is 32.6 Å². The number of aromatic nitrogens is 2. The van der Waals surface area contributed by atoms with Crippen molar-refractivity contribution in [3.63, 3.8) is 0 Å². The number of ether oxygens (including phenoxy) is 1. The number of para-hydroxylation sites is 1. The maximum absolute atomic E-state index is 13.4. The van der Waals surface area contributed by atoms with Gasteiger partial charge in [0.05, 0.1) is 18.1 Å². The smallest absolute Gasteiger partial charge is 0.217 e. The Morgan fingerprint density at radius 1 is 0.787 bits per heavy atom. The van der Waals surface area contributed by atoms with Gasteiger partial charge in [-0.1, -0.05) is 103 Å². The van der Waals surface area contributed by atoms with Crippen molar-refractivity contribution in [3.05, 3.63) is 150 Å². The van der Waals surface area contributed by atoms with Crippen molar-refractivity contribution in [2.24, 2.45) is 0 Å². The van der Waals surface area contributed by atoms with Gasteiger partial charge in [-0.15, -0.1) is 0 Å². The number of nitrogens with zero attached hydrogens (tertiary/aromatic N) is 3. The highest BCUT2D eigenvalue weighted by Crippen LogP contribution is 2.49. The summed E-state index contributed by atoms with van der Waals surface area (Å²) in [5, 5.41) is 17.7. The first-order valence-electron chi connectivity index (χ1n) is 16.1. The van der Waals surface area contributed by atoms with Gasteiger partial charge in [0, 0.05) is 46.1 Å². The van der Waals surface area contributed by atoms with Crippen LogP contribution in [0.5, 0.6) is 5.88 Å². The molecule has 0 bridgehead atoms. The van der Waals surface area contributed by atoms with E-state index in [1.807, 2.05) is 68.8 Å². The molecule has 0 saturated carbocycles. The summed E-state index contributed by atoms with van der Waals surface area (Å²) < 4.78 is 6.00. The molecule has 234 valence electrons. The van der Waals surface area contributed by atoms with Crippen LogP contribution in [0.15, 0.2) is 128 Å². The zero-order chi connectivity index (χ0) is 32.5. The zero-order valence-electron chi connectivity index (χ0n) is 27.3. The van der Waals surface area contributed by atoms with E-state index in [0.29, 0.717) is 18.8 Å². The third kappa shape index (κ3) is 5.62. The van der Waals surface area contributed by atoms with Gasteiger partial charge in [-0.3, -0.25) is 0 Å². The Morgan fingerprint density at radius 3 is 2.30 bits per heavy atom. The van der Waals surface area contributed by atoms with Gasteiger partial charge in [-0.05, 0) is 73.1 Å². The van der Waals surface area contributed by atoms with Gasteiger partial charge in [0.15, 0.2) is 0 Å². The van der Waals surface area contributed by atoms with E-state index in [-0.39, 0.29) is 0 Å². The van der Waals surface area contributed by atoms with Crippen LogP contribution >= 0.6 is 0 Å². The number of rotatable bonds is 9. The molecule has 5 nitrogen and oxygen atoms in total. The fraction of sp³-hybridized carbons (Fsp3) is 0.190. The van der Waals surface area contributed by atoms with Crippen LogP contribution in [-0.4, -0.2) is 47.7 Å². The third-order valence-corrected chi connectivity index (χ3v) is 9.40. The van der Waals surface area contributed by atoms with Gasteiger partial charge in [-0.2, -0.15) is 0 Å². The van der Waals surface area contributed by atoms with Gasteiger partial charge < -0.3 is 14.7 Å². The predicted octanol–water partition coefficient (Wildman–Crippen LogP) is 8.89. The number of benzene rings is 5. The molecule has 5 heteroatoms. The average Bonchev–Trinajstić information content (AvgIpc) is 3.10. The monoisotopic (exact) mass is 617 g/mol. The molecule has 2 unspecified atom stereocenters. The van der Waals surface area contributed by atoms with Gasteiger partial charge in [0.25, 0.3) is 0 Å². The fourth-order valence-corrected chi connectivity index (χ4v) is 7.02. The van der Waals surface area contributed by atoms with Crippen LogP contribution in [-0.2, 0) is 5.60 Å². The third-order valence-electron chi connectivity index (χ3n) is 9.40. The van der Waals surface area contributed by atoms with E-state index in [9.17, 15) is 5.11 Å². The molecule has 5 aromatic carbocycles. The summed E-state index contributed by atoms with van der Waals surface area (Å²) >= 11 is 0. The second-order valence-corrected chi connectivity index (χ2v) is 12.7. The molecule has 1 N–H and O–H groups in total. The lowest BCUT2D eigenvalue weighted by Crippen LogP contribution is -2.38. The summed E-state index contributed by atoms with van der Waals surface area (Å²) in [6.45, 7) is 2.80. The SMILES string of the molecule is COc1ncc(-c2ccc(C)c3cc4ccccc4nc23)cc1C(c1ccccc1)C(O)(CCN(C)C)c1cccc2ccccc12. The number of pyridine rings is 2. The predicted molar refractivity (Wildman–Crippen MR) is 193 cm³/mol. The minimum atomic E-state index is -1.32. The lowest BCUT2D eigenvalue weighted by molar-refractivity contribution is 0.00517. The van der Waals surface area contributed by atoms with Crippen molar-refractivity contribution in [2.45, 2.75) is 24.9 Å². The molecule has 2 heterocycles. The molecular weight excluding hydrogens is 578 g/mol. The number of hydrogen-bond acceptors (Lipinski definition) is 5. The van der Waals surface area contributed by atoms with Crippen LogP contribution in [0.1, 0.15) is 34.6 Å². The largest absolute Gasteiger partial charge is 0.481 e. The number of hydrogen-bond donors (Lipinski definition) is 1. The first-order chi connectivity index (χ1) is 22.9. The van der Waals surface area contributed by atoms with Crippen LogP contribution < -0.4 is 4.74 Å². The van der Waals surface area contributed by atoms with E-state index >= 15 is 0 Å². The molecule has 0 fully saturated rings. The molecule has 0 radical (unpaired) electrons. The summed E-state index contributed by atoms with van der Waals surface area (Å²) in [5.41, 5.74) is 6.32. The van der Waals surface area contributed by atoms with E-state index in [0.717, 1.165) is 60.4 Å². The highest BCUT2D eigenvalue weighted by atomic mass is 16.5. The molecule has 2 aromatic heterocycles. The zero-order valence-corrected chi connectivity index (χ0v) is 27.3. The number of aryl methyl sites for hydroxylation is 1. The minimum Gasteiger partial charge on any atom is -0.481 e. The van der Waals surface area contributed by atoms with E-state index in [1.165, 1.54) is 5.56 Å². The quantitative estimate of drug-likeness (QED) is 0.164. The highest BCUT2D eigenvalue weighted by Gasteiger charge is 2.43. The highest BCUT2D eigenvalue weighted by molar-refractivity contribution is 6.01. The van der Waals surface area contributed by atoms with Crippen molar-refractivity contribution in [2.75, 3.05) is 27.7 Å². The molecule has 47 heavy (non-hydrogen) atoms. The first-order valence-corrected chi connectivity index (χ1v) is 16.1. The van der Waals surface area contributed by atoms with Crippen LogP contribution in [0.4, 0.5) is 0 Å². The maximum atomic E-state index is 13.4. The molecule has 0 aliphatic carbocycles. The molecule has 7 rings (SSSR count). The Kier molecular flexibility index (Phi) is 8.19. The van der Waals surface area contributed by atoms with Crippen LogP contribution in [0.2, 0.25) is 0 Å². The van der Waals surface area contributed by atoms with Crippen LogP contribution in [0, 0.1) is 6.92 Å². The lowest BCUT2D eigenvalue weighted by Gasteiger charge is -2.39. The second-order valence-electron chi connectivity index (χ2n) is 12.7. The van der Waals surface area contributed by atoms with Gasteiger partial charge in [0.1, 0.15) is 5.60 Å². The second kappa shape index (κ2) is 12.6. The Hall–Kier alpha value is -5.10. The van der Waals surface area contributed by atoms with Crippen LogP contribution in [0.3, 0.4) is 0 Å². The molecule has 0 spiro atoms. The van der Waals surface area contributed by atoms with Crippen LogP contribution in [0.25, 0.3) is 43.7 Å². The van der Waals surface area contributed by atoms with Crippen molar-refractivity contribution in [1.82, 2.24) is 14.9 Å². The molecule has 7 aromatic rings. The van der Waals surface area contributed by atoms with E-state index in [4.69, 9.17) is 14.7 Å². The number of aliphatic hydroxyl groups is 1. The fourth-order valence-electron chi connectivity index (χ4n) is 7.02. The van der Waals surface area contributed by atoms with Gasteiger partial charge in [0.2, 0.25) is 5.88 Å². The summed E-state index contributed by atoms with van der Waals surface area (Å²) in [4.78, 5) is 12.2. The van der Waals surface area contributed by atoms with Crippen molar-refractivity contribution in [1.29, 1.82) is 0 Å². The van der Waals surface area contributed by atoms with Gasteiger partial charge in [-0.25, -0.2) is 9.97 Å². The lowest BCUT2D eigenvalue weighted by atomic mass is 9.70. The first kappa shape index (κ1) is 30.5. The van der Waals surface area contributed by atoms with Gasteiger partial charge >= 0.3 is 0 Å². The topological polar surface area (TPSA) is 58.5 Å². The summed E-state index contributed by atoms with van der Waals surface area (Å²) in [6.07, 6.45) is 2.35. The van der Waals surface area contributed by atoms with E-state index < -0.39 is 11.5 Å². The maximum Gasteiger partial charge on any atom is 0.217 e. The summed E-state index contributed by atoms with van der Waals surface area (Å²) in [7, 11) is 5.74. The number of methoxy groups -OCH3 is 1. The molecule has 0 saturated heterocycles. The Labute approximate surface area is 276 Å². The number of fused-ring (bicyclic) bond motifs is 3. The Bertz CT molecular complexity index is 2210. The summed E-state index contributed by atoms with van der Waals surface area (Å²) in [5.74, 6) is -0.0108. The normalized spacial score (nSPS) is 13.7.